The van der Waals surface area contributed by atoms with Crippen LogP contribution in [0.15, 0.2) is 0 Å². The normalized spacial score (nSPS) is 24.2. The van der Waals surface area contributed by atoms with Gasteiger partial charge in [-0.1, -0.05) is 6.92 Å². The number of hydrogen-bond donors (Lipinski definition) is 1. The summed E-state index contributed by atoms with van der Waals surface area (Å²) in [4.78, 5) is 17.4. The van der Waals surface area contributed by atoms with Crippen molar-refractivity contribution in [1.29, 1.82) is 0 Å². The first kappa shape index (κ1) is 10.8. The van der Waals surface area contributed by atoms with Crippen LogP contribution in [0, 0.1) is 18.8 Å². The van der Waals surface area contributed by atoms with Crippen molar-refractivity contribution in [2.24, 2.45) is 11.8 Å². The lowest BCUT2D eigenvalue weighted by Crippen LogP contribution is -2.04. The molecule has 0 amide bonds. The molecule has 0 spiro atoms. The summed E-state index contributed by atoms with van der Waals surface area (Å²) in [7, 11) is 1.91. The van der Waals surface area contributed by atoms with Crippen molar-refractivity contribution >= 4 is 17.1 Å². The molecule has 0 aromatic carbocycles. The van der Waals surface area contributed by atoms with E-state index in [9.17, 15) is 4.79 Å². The van der Waals surface area contributed by atoms with Crippen molar-refractivity contribution in [2.75, 3.05) is 7.05 Å². The van der Waals surface area contributed by atoms with Gasteiger partial charge in [0, 0.05) is 17.3 Å². The number of rotatable bonds is 4. The Morgan fingerprint density at radius 1 is 1.67 bits per heavy atom. The zero-order valence-electron chi connectivity index (χ0n) is 9.33. The van der Waals surface area contributed by atoms with Gasteiger partial charge < -0.3 is 5.32 Å². The molecule has 1 heterocycles. The van der Waals surface area contributed by atoms with E-state index in [4.69, 9.17) is 0 Å². The van der Waals surface area contributed by atoms with Crippen LogP contribution in [0.3, 0.4) is 0 Å². The molecule has 3 nitrogen and oxygen atoms in total. The van der Waals surface area contributed by atoms with Gasteiger partial charge in [0.25, 0.3) is 0 Å². The number of Topliss-reactive ketones (excluding diaryl/α,β-unsaturated/α-hetero) is 1. The molecule has 2 atom stereocenters. The summed E-state index contributed by atoms with van der Waals surface area (Å²) >= 11 is 1.54. The molecule has 1 N–H and O–H groups in total. The highest BCUT2D eigenvalue weighted by Gasteiger charge is 2.40. The topological polar surface area (TPSA) is 42.0 Å². The Morgan fingerprint density at radius 2 is 2.33 bits per heavy atom. The molecule has 2 rings (SSSR count). The SMILES string of the molecule is CNCc1sc(C(=O)C2CC2C)nc1C. The van der Waals surface area contributed by atoms with Gasteiger partial charge in [0.1, 0.15) is 0 Å². The number of aryl methyl sites for hydroxylation is 1. The van der Waals surface area contributed by atoms with Crippen molar-refractivity contribution in [3.8, 4) is 0 Å². The maximum atomic E-state index is 11.9. The van der Waals surface area contributed by atoms with Crippen molar-refractivity contribution in [3.05, 3.63) is 15.6 Å². The standard InChI is InChI=1S/C11H16N2OS/c1-6-4-8(6)10(14)11-13-7(2)9(15-11)5-12-3/h6,8,12H,4-5H2,1-3H3. The molecule has 4 heteroatoms. The molecule has 1 aliphatic rings. The largest absolute Gasteiger partial charge is 0.315 e. The van der Waals surface area contributed by atoms with E-state index < -0.39 is 0 Å². The van der Waals surface area contributed by atoms with Crippen LogP contribution in [-0.4, -0.2) is 17.8 Å². The van der Waals surface area contributed by atoms with Crippen LogP contribution >= 0.6 is 11.3 Å². The van der Waals surface area contributed by atoms with Gasteiger partial charge in [-0.05, 0) is 26.3 Å². The second-order valence-corrected chi connectivity index (χ2v) is 5.33. The van der Waals surface area contributed by atoms with Crippen LogP contribution < -0.4 is 5.32 Å². The summed E-state index contributed by atoms with van der Waals surface area (Å²) in [6.07, 6.45) is 1.04. The van der Waals surface area contributed by atoms with Gasteiger partial charge in [-0.3, -0.25) is 4.79 Å². The minimum absolute atomic E-state index is 0.248. The first-order valence-corrected chi connectivity index (χ1v) is 6.10. The third-order valence-electron chi connectivity index (χ3n) is 2.89. The van der Waals surface area contributed by atoms with Crippen molar-refractivity contribution < 1.29 is 4.79 Å². The fraction of sp³-hybridized carbons (Fsp3) is 0.636. The van der Waals surface area contributed by atoms with Gasteiger partial charge in [0.2, 0.25) is 0 Å². The Morgan fingerprint density at radius 3 is 2.87 bits per heavy atom. The van der Waals surface area contributed by atoms with E-state index in [0.717, 1.165) is 18.7 Å². The van der Waals surface area contributed by atoms with Gasteiger partial charge >= 0.3 is 0 Å². The van der Waals surface area contributed by atoms with Gasteiger partial charge in [0.15, 0.2) is 10.8 Å². The Balaban J connectivity index is 2.15. The van der Waals surface area contributed by atoms with Crippen molar-refractivity contribution in [1.82, 2.24) is 10.3 Å². The monoisotopic (exact) mass is 224 g/mol. The van der Waals surface area contributed by atoms with Crippen LogP contribution in [0.4, 0.5) is 0 Å². The molecule has 15 heavy (non-hydrogen) atoms. The molecule has 1 aliphatic carbocycles. The number of nitrogens with one attached hydrogen (secondary N) is 1. The van der Waals surface area contributed by atoms with Gasteiger partial charge in [-0.25, -0.2) is 4.98 Å². The van der Waals surface area contributed by atoms with E-state index in [2.05, 4.69) is 17.2 Å². The lowest BCUT2D eigenvalue weighted by molar-refractivity contribution is 0.0962. The smallest absolute Gasteiger partial charge is 0.194 e. The molecule has 1 aromatic rings. The first-order chi connectivity index (χ1) is 7.13. The Bertz CT molecular complexity index is 386. The molecule has 0 radical (unpaired) electrons. The highest BCUT2D eigenvalue weighted by Crippen LogP contribution is 2.41. The van der Waals surface area contributed by atoms with Crippen molar-refractivity contribution in [2.45, 2.75) is 26.8 Å². The third kappa shape index (κ3) is 2.11. The van der Waals surface area contributed by atoms with Gasteiger partial charge in [-0.15, -0.1) is 11.3 Å². The number of thiazole rings is 1. The molecular formula is C11H16N2OS. The molecule has 82 valence electrons. The summed E-state index contributed by atoms with van der Waals surface area (Å²) in [5, 5.41) is 3.79. The van der Waals surface area contributed by atoms with E-state index in [0.29, 0.717) is 10.9 Å². The van der Waals surface area contributed by atoms with Crippen LogP contribution in [0.2, 0.25) is 0 Å². The molecule has 1 fully saturated rings. The summed E-state index contributed by atoms with van der Waals surface area (Å²) in [5.41, 5.74) is 0.992. The lowest BCUT2D eigenvalue weighted by atomic mass is 10.2. The van der Waals surface area contributed by atoms with Crippen molar-refractivity contribution in [3.63, 3.8) is 0 Å². The second-order valence-electron chi connectivity index (χ2n) is 4.24. The maximum absolute atomic E-state index is 11.9. The third-order valence-corrected chi connectivity index (χ3v) is 4.06. The maximum Gasteiger partial charge on any atom is 0.194 e. The van der Waals surface area contributed by atoms with Crippen LogP contribution in [-0.2, 0) is 6.54 Å². The number of hydrogen-bond acceptors (Lipinski definition) is 4. The van der Waals surface area contributed by atoms with E-state index in [1.54, 1.807) is 0 Å². The Labute approximate surface area is 93.9 Å². The van der Waals surface area contributed by atoms with E-state index >= 15 is 0 Å². The molecular weight excluding hydrogens is 208 g/mol. The lowest BCUT2D eigenvalue weighted by Gasteiger charge is -1.93. The number of carbonyl (C=O) groups excluding carboxylic acids is 1. The summed E-state index contributed by atoms with van der Waals surface area (Å²) in [6.45, 7) is 4.89. The fourth-order valence-corrected chi connectivity index (χ4v) is 2.78. The summed E-state index contributed by atoms with van der Waals surface area (Å²) in [5.74, 6) is 1.06. The average Bonchev–Trinajstić information content (AvgIpc) is 2.81. The quantitative estimate of drug-likeness (QED) is 0.795. The van der Waals surface area contributed by atoms with Crippen LogP contribution in [0.1, 0.15) is 33.7 Å². The highest BCUT2D eigenvalue weighted by atomic mass is 32.1. The minimum Gasteiger partial charge on any atom is -0.315 e. The molecule has 1 saturated carbocycles. The summed E-state index contributed by atoms with van der Waals surface area (Å²) < 4.78 is 0. The Hall–Kier alpha value is -0.740. The molecule has 2 unspecified atom stereocenters. The number of nitrogens with zero attached hydrogens (tertiary/aromatic N) is 1. The predicted molar refractivity (Wildman–Crippen MR) is 61.2 cm³/mol. The number of carbonyl (C=O) groups is 1. The van der Waals surface area contributed by atoms with E-state index in [-0.39, 0.29) is 11.7 Å². The zero-order chi connectivity index (χ0) is 11.0. The highest BCUT2D eigenvalue weighted by molar-refractivity contribution is 7.13. The van der Waals surface area contributed by atoms with E-state index in [1.807, 2.05) is 14.0 Å². The van der Waals surface area contributed by atoms with E-state index in [1.165, 1.54) is 16.2 Å². The first-order valence-electron chi connectivity index (χ1n) is 5.28. The molecule has 0 aliphatic heterocycles. The summed E-state index contributed by atoms with van der Waals surface area (Å²) in [6, 6.07) is 0. The van der Waals surface area contributed by atoms with Gasteiger partial charge in [0.05, 0.1) is 5.69 Å². The second kappa shape index (κ2) is 4.02. The number of aromatic nitrogens is 1. The van der Waals surface area contributed by atoms with Gasteiger partial charge in [-0.2, -0.15) is 0 Å². The molecule has 0 saturated heterocycles. The average molecular weight is 224 g/mol. The zero-order valence-corrected chi connectivity index (χ0v) is 10.1. The fourth-order valence-electron chi connectivity index (χ4n) is 1.70. The minimum atomic E-state index is 0.248. The number of ketones is 1. The molecule has 0 bridgehead atoms. The predicted octanol–water partition coefficient (Wildman–Crippen LogP) is 2.01. The Kier molecular flexibility index (Phi) is 2.89. The molecule has 1 aromatic heterocycles. The van der Waals surface area contributed by atoms with Crippen LogP contribution in [0.5, 0.6) is 0 Å². The van der Waals surface area contributed by atoms with Crippen LogP contribution in [0.25, 0.3) is 0 Å².